The molecule has 1 aromatic heterocycles. The number of hydrogen-bond donors (Lipinski definition) is 0. The van der Waals surface area contributed by atoms with Crippen molar-refractivity contribution < 1.29 is 4.43 Å². The van der Waals surface area contributed by atoms with Crippen molar-refractivity contribution in [2.75, 3.05) is 0 Å². The van der Waals surface area contributed by atoms with E-state index >= 15 is 0 Å². The number of aromatic nitrogens is 1. The molecule has 0 aliphatic carbocycles. The molecule has 0 amide bonds. The summed E-state index contributed by atoms with van der Waals surface area (Å²) in [5.74, 6) is 0.825. The van der Waals surface area contributed by atoms with Crippen LogP contribution in [0.15, 0.2) is 84.0 Å². The van der Waals surface area contributed by atoms with Crippen LogP contribution in [0.25, 0.3) is 0 Å². The molecule has 0 fully saturated rings. The lowest BCUT2D eigenvalue weighted by atomic mass is 10.1. The van der Waals surface area contributed by atoms with Crippen molar-refractivity contribution in [2.24, 2.45) is 4.99 Å². The van der Waals surface area contributed by atoms with Gasteiger partial charge in [0, 0.05) is 11.8 Å². The molecule has 0 bridgehead atoms. The summed E-state index contributed by atoms with van der Waals surface area (Å²) in [6.45, 7) is 6.51. The quantitative estimate of drug-likeness (QED) is 0.454. The number of hydrogen-bond acceptors (Lipinski definition) is 3. The molecule has 4 heteroatoms. The zero-order valence-corrected chi connectivity index (χ0v) is 15.8. The molecular weight excluding hydrogens is 324 g/mol. The Morgan fingerprint density at radius 2 is 1.52 bits per heavy atom. The van der Waals surface area contributed by atoms with E-state index in [0.29, 0.717) is 0 Å². The van der Waals surface area contributed by atoms with Crippen molar-refractivity contribution >= 4 is 19.7 Å². The third-order valence-electron chi connectivity index (χ3n) is 3.47. The second kappa shape index (κ2) is 7.45. The Morgan fingerprint density at radius 1 is 0.840 bits per heavy atom. The van der Waals surface area contributed by atoms with E-state index < -0.39 is 8.32 Å². The van der Waals surface area contributed by atoms with E-state index in [1.807, 2.05) is 60.7 Å². The van der Waals surface area contributed by atoms with Gasteiger partial charge in [0.25, 0.3) is 0 Å². The maximum absolute atomic E-state index is 6.22. The first kappa shape index (κ1) is 17.1. The molecule has 0 radical (unpaired) electrons. The molecule has 3 rings (SSSR count). The average Bonchev–Trinajstić information content (AvgIpc) is 2.61. The zero-order valence-electron chi connectivity index (χ0n) is 14.8. The fourth-order valence-corrected chi connectivity index (χ4v) is 3.29. The van der Waals surface area contributed by atoms with Crippen LogP contribution in [0.3, 0.4) is 0 Å². The first-order chi connectivity index (χ1) is 12.0. The molecule has 2 aromatic carbocycles. The molecule has 0 aliphatic heterocycles. The number of benzene rings is 2. The Hall–Kier alpha value is -2.72. The molecule has 0 spiro atoms. The molecule has 126 valence electrons. The molecule has 0 saturated heterocycles. The zero-order chi connectivity index (χ0) is 17.7. The second-order valence-electron chi connectivity index (χ2n) is 6.72. The average molecular weight is 347 g/mol. The maximum atomic E-state index is 6.22. The Bertz CT molecular complexity index is 814. The largest absolute Gasteiger partial charge is 0.543 e. The van der Waals surface area contributed by atoms with Crippen molar-refractivity contribution in [1.82, 2.24) is 4.98 Å². The van der Waals surface area contributed by atoms with Crippen LogP contribution in [-0.2, 0) is 0 Å². The highest BCUT2D eigenvalue weighted by molar-refractivity contribution is 6.70. The topological polar surface area (TPSA) is 34.5 Å². The lowest BCUT2D eigenvalue weighted by molar-refractivity contribution is 0.559. The van der Waals surface area contributed by atoms with Gasteiger partial charge in [-0.05, 0) is 43.9 Å². The number of pyridine rings is 1. The predicted octanol–water partition coefficient (Wildman–Crippen LogP) is 5.46. The van der Waals surface area contributed by atoms with Crippen LogP contribution in [0.2, 0.25) is 19.6 Å². The third-order valence-corrected chi connectivity index (χ3v) is 4.30. The molecule has 25 heavy (non-hydrogen) atoms. The first-order valence-electron chi connectivity index (χ1n) is 8.36. The van der Waals surface area contributed by atoms with Crippen LogP contribution in [0.1, 0.15) is 11.3 Å². The van der Waals surface area contributed by atoms with Crippen molar-refractivity contribution in [3.63, 3.8) is 0 Å². The Morgan fingerprint density at radius 3 is 2.20 bits per heavy atom. The lowest BCUT2D eigenvalue weighted by Crippen LogP contribution is -2.29. The first-order valence-corrected chi connectivity index (χ1v) is 11.8. The van der Waals surface area contributed by atoms with Crippen molar-refractivity contribution in [2.45, 2.75) is 19.6 Å². The fourth-order valence-electron chi connectivity index (χ4n) is 2.45. The van der Waals surface area contributed by atoms with Gasteiger partial charge in [-0.15, -0.1) is 0 Å². The summed E-state index contributed by atoms with van der Waals surface area (Å²) in [7, 11) is -1.72. The van der Waals surface area contributed by atoms with Gasteiger partial charge in [-0.1, -0.05) is 48.5 Å². The summed E-state index contributed by atoms with van der Waals surface area (Å²) < 4.78 is 6.22. The van der Waals surface area contributed by atoms with Gasteiger partial charge in [0.2, 0.25) is 8.32 Å². The SMILES string of the molecule is C[Si](C)(C)Oc1ccccc1N=C(c1ccccc1)c1ccccn1. The molecule has 1 heterocycles. The maximum Gasteiger partial charge on any atom is 0.242 e. The molecule has 0 saturated carbocycles. The third kappa shape index (κ3) is 4.64. The van der Waals surface area contributed by atoms with E-state index in [-0.39, 0.29) is 0 Å². The van der Waals surface area contributed by atoms with Gasteiger partial charge in [0.15, 0.2) is 0 Å². The van der Waals surface area contributed by atoms with E-state index in [4.69, 9.17) is 9.42 Å². The summed E-state index contributed by atoms with van der Waals surface area (Å²) in [5, 5.41) is 0. The van der Waals surface area contributed by atoms with Crippen LogP contribution in [0.5, 0.6) is 5.75 Å². The van der Waals surface area contributed by atoms with Crippen molar-refractivity contribution in [3.05, 3.63) is 90.3 Å². The van der Waals surface area contributed by atoms with E-state index in [1.54, 1.807) is 6.20 Å². The lowest BCUT2D eigenvalue weighted by Gasteiger charge is -2.20. The highest BCUT2D eigenvalue weighted by Crippen LogP contribution is 2.30. The van der Waals surface area contributed by atoms with Gasteiger partial charge < -0.3 is 4.43 Å². The Kier molecular flexibility index (Phi) is 5.10. The van der Waals surface area contributed by atoms with Crippen LogP contribution >= 0.6 is 0 Å². The molecule has 0 atom stereocenters. The normalized spacial score (nSPS) is 12.0. The number of aliphatic imine (C=N–C) groups is 1. The standard InChI is InChI=1S/C21H22N2OSi/c1-25(2,3)24-20-15-8-7-13-18(20)23-21(17-11-5-4-6-12-17)19-14-9-10-16-22-19/h4-16H,1-3H3. The molecular formula is C21H22N2OSi. The predicted molar refractivity (Wildman–Crippen MR) is 106 cm³/mol. The van der Waals surface area contributed by atoms with Gasteiger partial charge in [0.05, 0.1) is 11.4 Å². The smallest absolute Gasteiger partial charge is 0.242 e. The van der Waals surface area contributed by atoms with Gasteiger partial charge in [0.1, 0.15) is 11.4 Å². The van der Waals surface area contributed by atoms with Crippen LogP contribution < -0.4 is 4.43 Å². The number of rotatable bonds is 5. The highest BCUT2D eigenvalue weighted by atomic mass is 28.4. The summed E-state index contributed by atoms with van der Waals surface area (Å²) >= 11 is 0. The molecule has 0 N–H and O–H groups in total. The summed E-state index contributed by atoms with van der Waals surface area (Å²) in [5.41, 5.74) is 3.54. The summed E-state index contributed by atoms with van der Waals surface area (Å²) in [6, 6.07) is 23.9. The number of nitrogens with zero attached hydrogens (tertiary/aromatic N) is 2. The van der Waals surface area contributed by atoms with Gasteiger partial charge in [-0.2, -0.15) is 0 Å². The minimum Gasteiger partial charge on any atom is -0.543 e. The summed E-state index contributed by atoms with van der Waals surface area (Å²) in [4.78, 5) is 9.43. The Balaban J connectivity index is 2.12. The van der Waals surface area contributed by atoms with E-state index in [1.165, 1.54) is 0 Å². The minimum absolute atomic E-state index is 0.825. The summed E-state index contributed by atoms with van der Waals surface area (Å²) in [6.07, 6.45) is 1.79. The second-order valence-corrected chi connectivity index (χ2v) is 11.2. The molecule has 0 aliphatic rings. The number of para-hydroxylation sites is 2. The van der Waals surface area contributed by atoms with E-state index in [2.05, 4.69) is 36.8 Å². The fraction of sp³-hybridized carbons (Fsp3) is 0.143. The van der Waals surface area contributed by atoms with Crippen LogP contribution in [-0.4, -0.2) is 19.0 Å². The molecule has 3 nitrogen and oxygen atoms in total. The van der Waals surface area contributed by atoms with Gasteiger partial charge in [-0.3, -0.25) is 4.98 Å². The van der Waals surface area contributed by atoms with Crippen LogP contribution in [0, 0.1) is 0 Å². The van der Waals surface area contributed by atoms with Gasteiger partial charge >= 0.3 is 0 Å². The van der Waals surface area contributed by atoms with E-state index in [9.17, 15) is 0 Å². The Labute approximate surface area is 150 Å². The van der Waals surface area contributed by atoms with Crippen molar-refractivity contribution in [1.29, 1.82) is 0 Å². The van der Waals surface area contributed by atoms with Gasteiger partial charge in [-0.25, -0.2) is 4.99 Å². The molecule has 0 unspecified atom stereocenters. The minimum atomic E-state index is -1.72. The highest BCUT2D eigenvalue weighted by Gasteiger charge is 2.18. The van der Waals surface area contributed by atoms with Crippen molar-refractivity contribution in [3.8, 4) is 5.75 Å². The molecule has 3 aromatic rings. The van der Waals surface area contributed by atoms with Crippen LogP contribution in [0.4, 0.5) is 5.69 Å². The van der Waals surface area contributed by atoms with E-state index in [0.717, 1.165) is 28.4 Å². The monoisotopic (exact) mass is 346 g/mol.